The Hall–Kier alpha value is -1.56. The van der Waals surface area contributed by atoms with E-state index in [9.17, 15) is 0 Å². The number of aryl methyl sites for hydroxylation is 1. The van der Waals surface area contributed by atoms with E-state index in [2.05, 4.69) is 26.4 Å². The van der Waals surface area contributed by atoms with Crippen LogP contribution in [0.25, 0.3) is 0 Å². The Balaban J connectivity index is 2.13. The summed E-state index contributed by atoms with van der Waals surface area (Å²) >= 11 is 0. The second-order valence-corrected chi connectivity index (χ2v) is 4.41. The minimum atomic E-state index is 0.189. The van der Waals surface area contributed by atoms with E-state index in [1.807, 2.05) is 12.5 Å². The van der Waals surface area contributed by atoms with Crippen molar-refractivity contribution in [1.29, 1.82) is 0 Å². The van der Waals surface area contributed by atoms with Gasteiger partial charge in [-0.1, -0.05) is 6.92 Å². The normalized spacial score (nSPS) is 19.3. The molecule has 1 atom stereocenters. The van der Waals surface area contributed by atoms with E-state index in [1.165, 1.54) is 5.69 Å². The lowest BCUT2D eigenvalue weighted by atomic mass is 10.2. The molecule has 1 aromatic heterocycles. The summed E-state index contributed by atoms with van der Waals surface area (Å²) in [6, 6.07) is 0.189. The van der Waals surface area contributed by atoms with Crippen LogP contribution in [0.2, 0.25) is 0 Å². The minimum Gasteiger partial charge on any atom is -0.383 e. The van der Waals surface area contributed by atoms with Gasteiger partial charge in [-0.15, -0.1) is 0 Å². The van der Waals surface area contributed by atoms with E-state index in [0.29, 0.717) is 19.1 Å². The average Bonchev–Trinajstić information content (AvgIpc) is 2.94. The van der Waals surface area contributed by atoms with E-state index in [-0.39, 0.29) is 6.04 Å². The standard InChI is InChI=1S/C12H21N5O/c1-3-4-16-9-14-7-10(16)11-8-15-12(13)17(11)5-6-18-2/h7,9,11H,3-6,8H2,1-2H3,(H2,13,15). The molecular formula is C12H21N5O. The number of rotatable bonds is 6. The van der Waals surface area contributed by atoms with Crippen LogP contribution in [0.1, 0.15) is 25.1 Å². The highest BCUT2D eigenvalue weighted by molar-refractivity contribution is 5.80. The second-order valence-electron chi connectivity index (χ2n) is 4.41. The molecule has 100 valence electrons. The molecule has 0 fully saturated rings. The molecule has 0 amide bonds. The second kappa shape index (κ2) is 5.86. The van der Waals surface area contributed by atoms with Crippen LogP contribution in [0.4, 0.5) is 0 Å². The summed E-state index contributed by atoms with van der Waals surface area (Å²) in [4.78, 5) is 10.7. The van der Waals surface area contributed by atoms with Gasteiger partial charge in [0, 0.05) is 20.2 Å². The fraction of sp³-hybridized carbons (Fsp3) is 0.667. The third-order valence-corrected chi connectivity index (χ3v) is 3.18. The molecule has 2 N–H and O–H groups in total. The number of nitrogens with two attached hydrogens (primary N) is 1. The molecule has 1 aliphatic heterocycles. The molecule has 0 saturated carbocycles. The van der Waals surface area contributed by atoms with Crippen LogP contribution in [0.3, 0.4) is 0 Å². The minimum absolute atomic E-state index is 0.189. The Bertz CT molecular complexity index is 414. The third-order valence-electron chi connectivity index (χ3n) is 3.18. The van der Waals surface area contributed by atoms with Crippen LogP contribution in [-0.2, 0) is 11.3 Å². The van der Waals surface area contributed by atoms with E-state index in [1.54, 1.807) is 7.11 Å². The summed E-state index contributed by atoms with van der Waals surface area (Å²) in [5, 5.41) is 0. The molecule has 0 aliphatic carbocycles. The van der Waals surface area contributed by atoms with Crippen molar-refractivity contribution >= 4 is 5.96 Å². The van der Waals surface area contributed by atoms with Crippen LogP contribution in [0.15, 0.2) is 17.5 Å². The molecule has 0 spiro atoms. The largest absolute Gasteiger partial charge is 0.383 e. The fourth-order valence-electron chi connectivity index (χ4n) is 2.28. The number of aromatic nitrogens is 2. The predicted octanol–water partition coefficient (Wildman–Crippen LogP) is 0.611. The van der Waals surface area contributed by atoms with Gasteiger partial charge in [-0.2, -0.15) is 0 Å². The SMILES string of the molecule is CCCn1cncc1C1CN=C(N)N1CCOC. The lowest BCUT2D eigenvalue weighted by molar-refractivity contribution is 0.165. The molecule has 2 rings (SSSR count). The molecule has 0 bridgehead atoms. The summed E-state index contributed by atoms with van der Waals surface area (Å²) in [5.74, 6) is 0.598. The van der Waals surface area contributed by atoms with Gasteiger partial charge in [0.1, 0.15) is 0 Å². The molecule has 1 aromatic rings. The first-order valence-corrected chi connectivity index (χ1v) is 6.33. The number of guanidine groups is 1. The molecule has 0 aromatic carbocycles. The van der Waals surface area contributed by atoms with Crippen LogP contribution in [0.5, 0.6) is 0 Å². The highest BCUT2D eigenvalue weighted by atomic mass is 16.5. The zero-order valence-corrected chi connectivity index (χ0v) is 11.0. The fourth-order valence-corrected chi connectivity index (χ4v) is 2.28. The first-order valence-electron chi connectivity index (χ1n) is 6.33. The zero-order chi connectivity index (χ0) is 13.0. The molecule has 1 aliphatic rings. The highest BCUT2D eigenvalue weighted by Gasteiger charge is 2.29. The van der Waals surface area contributed by atoms with E-state index >= 15 is 0 Å². The van der Waals surface area contributed by atoms with Crippen molar-refractivity contribution in [1.82, 2.24) is 14.5 Å². The van der Waals surface area contributed by atoms with Crippen molar-refractivity contribution in [2.24, 2.45) is 10.7 Å². The van der Waals surface area contributed by atoms with E-state index in [0.717, 1.165) is 19.5 Å². The van der Waals surface area contributed by atoms with Crippen molar-refractivity contribution in [2.45, 2.75) is 25.9 Å². The molecule has 1 unspecified atom stereocenters. The number of methoxy groups -OCH3 is 1. The van der Waals surface area contributed by atoms with E-state index < -0.39 is 0 Å². The van der Waals surface area contributed by atoms with Gasteiger partial charge >= 0.3 is 0 Å². The van der Waals surface area contributed by atoms with Crippen molar-refractivity contribution in [2.75, 3.05) is 26.8 Å². The van der Waals surface area contributed by atoms with Gasteiger partial charge in [0.25, 0.3) is 0 Å². The molecule has 0 radical (unpaired) electrons. The summed E-state index contributed by atoms with van der Waals surface area (Å²) in [6.07, 6.45) is 4.88. The number of hydrogen-bond acceptors (Lipinski definition) is 5. The van der Waals surface area contributed by atoms with Crippen molar-refractivity contribution in [3.05, 3.63) is 18.2 Å². The maximum atomic E-state index is 5.93. The first kappa shape index (κ1) is 12.9. The number of ether oxygens (including phenoxy) is 1. The van der Waals surface area contributed by atoms with Gasteiger partial charge < -0.3 is 19.9 Å². The monoisotopic (exact) mass is 251 g/mol. The highest BCUT2D eigenvalue weighted by Crippen LogP contribution is 2.25. The van der Waals surface area contributed by atoms with Gasteiger partial charge in [0.15, 0.2) is 5.96 Å². The van der Waals surface area contributed by atoms with Crippen LogP contribution in [0, 0.1) is 0 Å². The number of hydrogen-bond donors (Lipinski definition) is 1. The lowest BCUT2D eigenvalue weighted by Crippen LogP contribution is -2.39. The molecule has 6 nitrogen and oxygen atoms in total. The van der Waals surface area contributed by atoms with Crippen LogP contribution < -0.4 is 5.73 Å². The van der Waals surface area contributed by atoms with Crippen molar-refractivity contribution in [3.63, 3.8) is 0 Å². The number of aliphatic imine (C=N–C) groups is 1. The smallest absolute Gasteiger partial charge is 0.192 e. The Morgan fingerprint density at radius 2 is 2.33 bits per heavy atom. The van der Waals surface area contributed by atoms with Gasteiger partial charge in [-0.3, -0.25) is 4.99 Å². The molecule has 0 saturated heterocycles. The first-order chi connectivity index (χ1) is 8.77. The van der Waals surface area contributed by atoms with Gasteiger partial charge in [0.05, 0.1) is 37.4 Å². The zero-order valence-electron chi connectivity index (χ0n) is 11.0. The molecule has 2 heterocycles. The molecular weight excluding hydrogens is 230 g/mol. The molecule has 6 heteroatoms. The summed E-state index contributed by atoms with van der Waals surface area (Å²) in [6.45, 7) is 5.24. The van der Waals surface area contributed by atoms with E-state index in [4.69, 9.17) is 10.5 Å². The van der Waals surface area contributed by atoms with Crippen molar-refractivity contribution in [3.8, 4) is 0 Å². The van der Waals surface area contributed by atoms with Gasteiger partial charge in [-0.05, 0) is 6.42 Å². The Morgan fingerprint density at radius 1 is 1.50 bits per heavy atom. The van der Waals surface area contributed by atoms with Gasteiger partial charge in [-0.25, -0.2) is 4.98 Å². The van der Waals surface area contributed by atoms with Gasteiger partial charge in [0.2, 0.25) is 0 Å². The molecule has 18 heavy (non-hydrogen) atoms. The maximum Gasteiger partial charge on any atom is 0.192 e. The Labute approximate surface area is 107 Å². The third kappa shape index (κ3) is 2.48. The Kier molecular flexibility index (Phi) is 4.19. The quantitative estimate of drug-likeness (QED) is 0.804. The number of imidazole rings is 1. The van der Waals surface area contributed by atoms with Crippen molar-refractivity contribution < 1.29 is 4.74 Å². The predicted molar refractivity (Wildman–Crippen MR) is 70.3 cm³/mol. The Morgan fingerprint density at radius 3 is 3.06 bits per heavy atom. The summed E-state index contributed by atoms with van der Waals surface area (Å²) in [7, 11) is 1.69. The summed E-state index contributed by atoms with van der Waals surface area (Å²) < 4.78 is 7.30. The van der Waals surface area contributed by atoms with Crippen LogP contribution in [-0.4, -0.2) is 47.2 Å². The average molecular weight is 251 g/mol. The maximum absolute atomic E-state index is 5.93. The summed E-state index contributed by atoms with van der Waals surface area (Å²) in [5.41, 5.74) is 7.11. The lowest BCUT2D eigenvalue weighted by Gasteiger charge is -2.26. The van der Waals surface area contributed by atoms with Crippen LogP contribution >= 0.6 is 0 Å². The number of nitrogens with zero attached hydrogens (tertiary/aromatic N) is 4. The topological polar surface area (TPSA) is 68.7 Å².